The van der Waals surface area contributed by atoms with Crippen LogP contribution in [0.2, 0.25) is 0 Å². The fraction of sp³-hybridized carbons (Fsp3) is 0.500. The Morgan fingerprint density at radius 1 is 1.14 bits per heavy atom. The van der Waals surface area contributed by atoms with Crippen LogP contribution in [0.5, 0.6) is 0 Å². The minimum Gasteiger partial charge on any atom is -0.378 e. The lowest BCUT2D eigenvalue weighted by atomic mass is 9.96. The summed E-state index contributed by atoms with van der Waals surface area (Å²) >= 11 is 0. The highest BCUT2D eigenvalue weighted by Crippen LogP contribution is 2.17. The highest BCUT2D eigenvalue weighted by atomic mass is 16.5. The summed E-state index contributed by atoms with van der Waals surface area (Å²) in [5.74, 6) is -0.186. The van der Waals surface area contributed by atoms with Crippen LogP contribution in [0.1, 0.15) is 42.5 Å². The molecule has 4 rings (SSSR count). The van der Waals surface area contributed by atoms with Crippen LogP contribution in [-0.2, 0) is 4.74 Å². The van der Waals surface area contributed by atoms with Gasteiger partial charge in [0.15, 0.2) is 5.65 Å². The molecule has 0 atom stereocenters. The maximum Gasteiger partial charge on any atom is 0.319 e. The van der Waals surface area contributed by atoms with Crippen LogP contribution >= 0.6 is 0 Å². The molecular formula is C20H25N5O4. The summed E-state index contributed by atoms with van der Waals surface area (Å²) in [6, 6.07) is 3.02. The Morgan fingerprint density at radius 3 is 2.66 bits per heavy atom. The number of nitrogens with one attached hydrogen (secondary N) is 2. The third-order valence-corrected chi connectivity index (χ3v) is 5.45. The van der Waals surface area contributed by atoms with Gasteiger partial charge in [0.1, 0.15) is 5.69 Å². The largest absolute Gasteiger partial charge is 0.378 e. The van der Waals surface area contributed by atoms with Gasteiger partial charge in [-0.15, -0.1) is 0 Å². The maximum atomic E-state index is 12.8. The third kappa shape index (κ3) is 4.24. The van der Waals surface area contributed by atoms with E-state index in [1.165, 1.54) is 17.0 Å². The molecule has 3 heterocycles. The first-order valence-electron chi connectivity index (χ1n) is 10.1. The normalized spacial score (nSPS) is 17.9. The number of amides is 3. The molecule has 2 aliphatic rings. The average Bonchev–Trinajstić information content (AvgIpc) is 2.76. The number of ether oxygens (including phenoxy) is 1. The van der Waals surface area contributed by atoms with Crippen molar-refractivity contribution in [3.8, 4) is 0 Å². The molecule has 0 bridgehead atoms. The number of pyridine rings is 1. The Labute approximate surface area is 168 Å². The van der Waals surface area contributed by atoms with Crippen molar-refractivity contribution >= 4 is 23.3 Å². The fourth-order valence-electron chi connectivity index (χ4n) is 3.89. The topological polar surface area (TPSA) is 105 Å². The lowest BCUT2D eigenvalue weighted by Crippen LogP contribution is -2.41. The van der Waals surface area contributed by atoms with E-state index in [4.69, 9.17) is 4.74 Å². The smallest absolute Gasteiger partial charge is 0.319 e. The molecule has 2 aromatic rings. The van der Waals surface area contributed by atoms with Gasteiger partial charge in [0.05, 0.1) is 25.0 Å². The SMILES string of the molecule is O=C(Nc1cnc2c(C(=O)N3CCOCC3)cccn2c1=O)NC1CCCCC1. The number of aromatic nitrogens is 2. The van der Waals surface area contributed by atoms with E-state index in [0.717, 1.165) is 25.7 Å². The predicted octanol–water partition coefficient (Wildman–Crippen LogP) is 1.62. The summed E-state index contributed by atoms with van der Waals surface area (Å²) in [7, 11) is 0. The molecule has 1 saturated heterocycles. The van der Waals surface area contributed by atoms with Crippen molar-refractivity contribution in [3.63, 3.8) is 0 Å². The Kier molecular flexibility index (Phi) is 5.75. The van der Waals surface area contributed by atoms with E-state index < -0.39 is 11.6 Å². The van der Waals surface area contributed by atoms with Gasteiger partial charge < -0.3 is 20.3 Å². The van der Waals surface area contributed by atoms with Gasteiger partial charge in [0.25, 0.3) is 11.5 Å². The molecular weight excluding hydrogens is 374 g/mol. The number of morpholine rings is 1. The molecule has 154 valence electrons. The van der Waals surface area contributed by atoms with Gasteiger partial charge in [-0.3, -0.25) is 14.0 Å². The van der Waals surface area contributed by atoms with E-state index in [0.29, 0.717) is 31.9 Å². The number of carbonyl (C=O) groups excluding carboxylic acids is 2. The van der Waals surface area contributed by atoms with Crippen molar-refractivity contribution in [3.05, 3.63) is 40.4 Å². The van der Waals surface area contributed by atoms with Crippen LogP contribution in [0.4, 0.5) is 10.5 Å². The zero-order valence-electron chi connectivity index (χ0n) is 16.2. The van der Waals surface area contributed by atoms with Gasteiger partial charge in [0, 0.05) is 25.3 Å². The third-order valence-electron chi connectivity index (χ3n) is 5.45. The Balaban J connectivity index is 1.55. The molecule has 29 heavy (non-hydrogen) atoms. The van der Waals surface area contributed by atoms with Crippen molar-refractivity contribution in [2.24, 2.45) is 0 Å². The Morgan fingerprint density at radius 2 is 1.90 bits per heavy atom. The van der Waals surface area contributed by atoms with E-state index in [1.807, 2.05) is 0 Å². The molecule has 9 nitrogen and oxygen atoms in total. The highest BCUT2D eigenvalue weighted by Gasteiger charge is 2.22. The van der Waals surface area contributed by atoms with Gasteiger partial charge in [0.2, 0.25) is 0 Å². The minimum atomic E-state index is -0.426. The summed E-state index contributed by atoms with van der Waals surface area (Å²) in [6.07, 6.45) is 8.17. The second-order valence-corrected chi connectivity index (χ2v) is 7.43. The molecule has 1 aliphatic heterocycles. The summed E-state index contributed by atoms with van der Waals surface area (Å²) in [6.45, 7) is 2.00. The van der Waals surface area contributed by atoms with E-state index in [1.54, 1.807) is 23.2 Å². The first kappa shape index (κ1) is 19.4. The molecule has 0 aromatic carbocycles. The molecule has 0 radical (unpaired) electrons. The van der Waals surface area contributed by atoms with Crippen molar-refractivity contribution in [1.82, 2.24) is 19.6 Å². The number of rotatable bonds is 3. The van der Waals surface area contributed by atoms with Crippen LogP contribution in [0, 0.1) is 0 Å². The Bertz CT molecular complexity index is 961. The maximum absolute atomic E-state index is 12.8. The second-order valence-electron chi connectivity index (χ2n) is 7.43. The first-order chi connectivity index (χ1) is 14.1. The van der Waals surface area contributed by atoms with Crippen LogP contribution in [0.3, 0.4) is 0 Å². The van der Waals surface area contributed by atoms with E-state index >= 15 is 0 Å². The van der Waals surface area contributed by atoms with E-state index in [-0.39, 0.29) is 23.3 Å². The molecule has 9 heteroatoms. The number of anilines is 1. The molecule has 1 saturated carbocycles. The molecule has 2 fully saturated rings. The number of fused-ring (bicyclic) bond motifs is 1. The molecule has 1 aliphatic carbocycles. The summed E-state index contributed by atoms with van der Waals surface area (Å²) in [4.78, 5) is 44.0. The summed E-state index contributed by atoms with van der Waals surface area (Å²) in [5, 5.41) is 5.52. The summed E-state index contributed by atoms with van der Waals surface area (Å²) < 4.78 is 6.58. The number of urea groups is 1. The van der Waals surface area contributed by atoms with Crippen molar-refractivity contribution < 1.29 is 14.3 Å². The van der Waals surface area contributed by atoms with Gasteiger partial charge in [-0.2, -0.15) is 0 Å². The van der Waals surface area contributed by atoms with Crippen molar-refractivity contribution in [2.45, 2.75) is 38.1 Å². The minimum absolute atomic E-state index is 0.0757. The van der Waals surface area contributed by atoms with E-state index in [2.05, 4.69) is 15.6 Å². The van der Waals surface area contributed by atoms with Gasteiger partial charge in [-0.05, 0) is 25.0 Å². The summed E-state index contributed by atoms with van der Waals surface area (Å²) in [5.41, 5.74) is 0.272. The zero-order chi connectivity index (χ0) is 20.2. The Hall–Kier alpha value is -2.94. The van der Waals surface area contributed by atoms with Gasteiger partial charge >= 0.3 is 6.03 Å². The standard InChI is InChI=1S/C20H25N5O4/c26-18(24-9-11-29-12-10-24)15-7-4-8-25-17(15)21-13-16(19(25)27)23-20(28)22-14-5-2-1-3-6-14/h4,7-8,13-14H,1-3,5-6,9-12H2,(H2,22,23,28). The molecule has 2 aromatic heterocycles. The lowest BCUT2D eigenvalue weighted by Gasteiger charge is -2.27. The van der Waals surface area contributed by atoms with Crippen LogP contribution in [-0.4, -0.2) is 58.6 Å². The molecule has 0 unspecified atom stereocenters. The van der Waals surface area contributed by atoms with Crippen LogP contribution in [0.15, 0.2) is 29.3 Å². The number of hydrogen-bond acceptors (Lipinski definition) is 5. The number of hydrogen-bond donors (Lipinski definition) is 2. The lowest BCUT2D eigenvalue weighted by molar-refractivity contribution is 0.0303. The zero-order valence-corrected chi connectivity index (χ0v) is 16.2. The van der Waals surface area contributed by atoms with Crippen molar-refractivity contribution in [1.29, 1.82) is 0 Å². The van der Waals surface area contributed by atoms with Crippen LogP contribution in [0.25, 0.3) is 5.65 Å². The fourth-order valence-corrected chi connectivity index (χ4v) is 3.89. The van der Waals surface area contributed by atoms with Crippen molar-refractivity contribution in [2.75, 3.05) is 31.6 Å². The van der Waals surface area contributed by atoms with E-state index in [9.17, 15) is 14.4 Å². The molecule has 0 spiro atoms. The quantitative estimate of drug-likeness (QED) is 0.816. The first-order valence-corrected chi connectivity index (χ1v) is 10.1. The average molecular weight is 399 g/mol. The monoisotopic (exact) mass is 399 g/mol. The highest BCUT2D eigenvalue weighted by molar-refractivity contribution is 6.00. The number of nitrogens with zero attached hydrogens (tertiary/aromatic N) is 3. The van der Waals surface area contributed by atoms with Gasteiger partial charge in [-0.25, -0.2) is 9.78 Å². The predicted molar refractivity (Wildman–Crippen MR) is 107 cm³/mol. The van der Waals surface area contributed by atoms with Crippen LogP contribution < -0.4 is 16.2 Å². The number of carbonyl (C=O) groups is 2. The second kappa shape index (κ2) is 8.60. The van der Waals surface area contributed by atoms with Gasteiger partial charge in [-0.1, -0.05) is 19.3 Å². The molecule has 2 N–H and O–H groups in total. The molecule has 3 amide bonds.